The van der Waals surface area contributed by atoms with Gasteiger partial charge < -0.3 is 10.5 Å². The Labute approximate surface area is 126 Å². The topological polar surface area (TPSA) is 55.6 Å². The van der Waals surface area contributed by atoms with Crippen molar-refractivity contribution in [2.45, 2.75) is 25.9 Å². The summed E-state index contributed by atoms with van der Waals surface area (Å²) in [6.07, 6.45) is 1.16. The molecule has 4 nitrogen and oxygen atoms in total. The van der Waals surface area contributed by atoms with Crippen LogP contribution in [0.1, 0.15) is 29.3 Å². The van der Waals surface area contributed by atoms with E-state index in [1.54, 1.807) is 6.07 Å². The normalized spacial score (nSPS) is 20.2. The molecular weight excluding hydrogens is 276 g/mol. The van der Waals surface area contributed by atoms with Gasteiger partial charge in [0.2, 0.25) is 0 Å². The van der Waals surface area contributed by atoms with Gasteiger partial charge >= 0.3 is 5.97 Å². The van der Waals surface area contributed by atoms with Gasteiger partial charge in [0.15, 0.2) is 0 Å². The van der Waals surface area contributed by atoms with E-state index < -0.39 is 0 Å². The molecule has 0 spiro atoms. The Bertz CT molecular complexity index is 451. The molecule has 2 unspecified atom stereocenters. The molecule has 0 saturated carbocycles. The molecule has 1 saturated heterocycles. The first-order valence-electron chi connectivity index (χ1n) is 6.75. The predicted octanol–water partition coefficient (Wildman–Crippen LogP) is 2.06. The van der Waals surface area contributed by atoms with Crippen molar-refractivity contribution < 1.29 is 9.53 Å². The summed E-state index contributed by atoms with van der Waals surface area (Å²) in [5, 5.41) is 0. The molecule has 1 fully saturated rings. The lowest BCUT2D eigenvalue weighted by atomic mass is 10.0. The number of hydrogen-bond acceptors (Lipinski definition) is 4. The molecule has 0 aromatic heterocycles. The Morgan fingerprint density at radius 2 is 2.30 bits per heavy atom. The maximum atomic E-state index is 11.5. The molecule has 1 aromatic carbocycles. The fraction of sp³-hybridized carbons (Fsp3) is 0.533. The van der Waals surface area contributed by atoms with Gasteiger partial charge in [0.05, 0.1) is 12.7 Å². The largest absolute Gasteiger partial charge is 0.465 e. The van der Waals surface area contributed by atoms with E-state index in [1.165, 1.54) is 7.11 Å². The molecule has 5 heteroatoms. The Morgan fingerprint density at radius 1 is 1.55 bits per heavy atom. The first-order chi connectivity index (χ1) is 9.10. The van der Waals surface area contributed by atoms with Crippen LogP contribution in [0.3, 0.4) is 0 Å². The number of carbonyl (C=O) groups is 1. The minimum absolute atomic E-state index is 0. The molecule has 20 heavy (non-hydrogen) atoms. The second-order valence-corrected chi connectivity index (χ2v) is 5.33. The summed E-state index contributed by atoms with van der Waals surface area (Å²) in [5.74, 6) is 0.306. The van der Waals surface area contributed by atoms with Crippen LogP contribution in [0.25, 0.3) is 0 Å². The molecule has 0 amide bonds. The minimum Gasteiger partial charge on any atom is -0.465 e. The number of carbonyl (C=O) groups excluding carboxylic acids is 1. The Balaban J connectivity index is 0.00000200. The van der Waals surface area contributed by atoms with Crippen LogP contribution in [0.15, 0.2) is 24.3 Å². The fourth-order valence-corrected chi connectivity index (χ4v) is 2.61. The van der Waals surface area contributed by atoms with Crippen LogP contribution in [0.5, 0.6) is 0 Å². The molecule has 2 atom stereocenters. The standard InChI is InChI=1S/C15H22N2O2.ClH/c1-11(16)14-6-7-17(10-14)9-12-4-3-5-13(8-12)15(18)19-2;/h3-5,8,11,14H,6-7,9-10,16H2,1-2H3;1H. The molecule has 0 radical (unpaired) electrons. The first kappa shape index (κ1) is 17.0. The number of hydrogen-bond donors (Lipinski definition) is 1. The lowest BCUT2D eigenvalue weighted by molar-refractivity contribution is 0.0600. The Hall–Kier alpha value is -1.10. The Morgan fingerprint density at radius 3 is 2.90 bits per heavy atom. The van der Waals surface area contributed by atoms with Crippen LogP contribution in [0, 0.1) is 5.92 Å². The van der Waals surface area contributed by atoms with E-state index in [2.05, 4.69) is 11.8 Å². The van der Waals surface area contributed by atoms with Crippen LogP contribution in [0.4, 0.5) is 0 Å². The number of benzene rings is 1. The summed E-state index contributed by atoms with van der Waals surface area (Å²) in [6.45, 7) is 5.06. The second-order valence-electron chi connectivity index (χ2n) is 5.33. The lowest BCUT2D eigenvalue weighted by Gasteiger charge is -2.18. The number of halogens is 1. The quantitative estimate of drug-likeness (QED) is 0.865. The van der Waals surface area contributed by atoms with Crippen molar-refractivity contribution in [3.8, 4) is 0 Å². The van der Waals surface area contributed by atoms with Crippen molar-refractivity contribution in [1.29, 1.82) is 0 Å². The van der Waals surface area contributed by atoms with E-state index >= 15 is 0 Å². The SMILES string of the molecule is COC(=O)c1cccc(CN2CCC(C(C)N)C2)c1.Cl. The number of nitrogens with zero attached hydrogens (tertiary/aromatic N) is 1. The molecule has 2 rings (SSSR count). The van der Waals surface area contributed by atoms with Gasteiger partial charge in [-0.3, -0.25) is 4.90 Å². The third kappa shape index (κ3) is 4.20. The summed E-state index contributed by atoms with van der Waals surface area (Å²) in [7, 11) is 1.41. The maximum absolute atomic E-state index is 11.5. The molecule has 0 bridgehead atoms. The molecule has 1 heterocycles. The number of likely N-dealkylation sites (tertiary alicyclic amines) is 1. The van der Waals surface area contributed by atoms with Crippen molar-refractivity contribution >= 4 is 18.4 Å². The summed E-state index contributed by atoms with van der Waals surface area (Å²) in [5.41, 5.74) is 7.71. The van der Waals surface area contributed by atoms with Gasteiger partial charge in [-0.25, -0.2) is 4.79 Å². The number of rotatable bonds is 4. The summed E-state index contributed by atoms with van der Waals surface area (Å²) >= 11 is 0. The zero-order valence-electron chi connectivity index (χ0n) is 12.0. The molecule has 1 aromatic rings. The van der Waals surface area contributed by atoms with Gasteiger partial charge in [0, 0.05) is 19.1 Å². The smallest absolute Gasteiger partial charge is 0.337 e. The van der Waals surface area contributed by atoms with E-state index in [0.29, 0.717) is 11.5 Å². The number of nitrogens with two attached hydrogens (primary N) is 1. The monoisotopic (exact) mass is 298 g/mol. The predicted molar refractivity (Wildman–Crippen MR) is 82.1 cm³/mol. The zero-order chi connectivity index (χ0) is 13.8. The van der Waals surface area contributed by atoms with E-state index in [4.69, 9.17) is 10.5 Å². The van der Waals surface area contributed by atoms with Crippen LogP contribution < -0.4 is 5.73 Å². The maximum Gasteiger partial charge on any atom is 0.337 e. The van der Waals surface area contributed by atoms with E-state index in [0.717, 1.165) is 31.6 Å². The molecule has 0 aliphatic carbocycles. The van der Waals surface area contributed by atoms with Crippen LogP contribution in [-0.4, -0.2) is 37.1 Å². The minimum atomic E-state index is -0.281. The van der Waals surface area contributed by atoms with Gasteiger partial charge in [0.25, 0.3) is 0 Å². The fourth-order valence-electron chi connectivity index (χ4n) is 2.61. The summed E-state index contributed by atoms with van der Waals surface area (Å²) in [6, 6.07) is 7.90. The highest BCUT2D eigenvalue weighted by molar-refractivity contribution is 5.89. The second kappa shape index (κ2) is 7.62. The van der Waals surface area contributed by atoms with Crippen molar-refractivity contribution in [3.05, 3.63) is 35.4 Å². The van der Waals surface area contributed by atoms with Gasteiger partial charge in [-0.05, 0) is 43.5 Å². The number of methoxy groups -OCH3 is 1. The van der Waals surface area contributed by atoms with Gasteiger partial charge in [-0.1, -0.05) is 12.1 Å². The van der Waals surface area contributed by atoms with Gasteiger partial charge in [-0.2, -0.15) is 0 Å². The lowest BCUT2D eigenvalue weighted by Crippen LogP contribution is -2.29. The van der Waals surface area contributed by atoms with Crippen molar-refractivity contribution in [2.75, 3.05) is 20.2 Å². The van der Waals surface area contributed by atoms with Crippen LogP contribution >= 0.6 is 12.4 Å². The van der Waals surface area contributed by atoms with Crippen LogP contribution in [-0.2, 0) is 11.3 Å². The summed E-state index contributed by atoms with van der Waals surface area (Å²) in [4.78, 5) is 13.9. The van der Waals surface area contributed by atoms with Crippen LogP contribution in [0.2, 0.25) is 0 Å². The van der Waals surface area contributed by atoms with Gasteiger partial charge in [0.1, 0.15) is 0 Å². The van der Waals surface area contributed by atoms with E-state index in [-0.39, 0.29) is 24.4 Å². The molecule has 1 aliphatic heterocycles. The zero-order valence-corrected chi connectivity index (χ0v) is 12.9. The highest BCUT2D eigenvalue weighted by Gasteiger charge is 2.25. The summed E-state index contributed by atoms with van der Waals surface area (Å²) < 4.78 is 4.74. The van der Waals surface area contributed by atoms with E-state index in [1.807, 2.05) is 18.2 Å². The Kier molecular flexibility index (Phi) is 6.46. The molecule has 1 aliphatic rings. The van der Waals surface area contributed by atoms with E-state index in [9.17, 15) is 4.79 Å². The highest BCUT2D eigenvalue weighted by Crippen LogP contribution is 2.21. The first-order valence-corrected chi connectivity index (χ1v) is 6.75. The third-order valence-electron chi connectivity index (χ3n) is 3.81. The van der Waals surface area contributed by atoms with Crippen molar-refractivity contribution in [1.82, 2.24) is 4.90 Å². The average molecular weight is 299 g/mol. The third-order valence-corrected chi connectivity index (χ3v) is 3.81. The molecule has 112 valence electrons. The average Bonchev–Trinajstić information content (AvgIpc) is 2.87. The number of esters is 1. The highest BCUT2D eigenvalue weighted by atomic mass is 35.5. The van der Waals surface area contributed by atoms with Crippen molar-refractivity contribution in [2.24, 2.45) is 11.7 Å². The van der Waals surface area contributed by atoms with Gasteiger partial charge in [-0.15, -0.1) is 12.4 Å². The molecular formula is C15H23ClN2O2. The molecule has 2 N–H and O–H groups in total. The van der Waals surface area contributed by atoms with Crippen molar-refractivity contribution in [3.63, 3.8) is 0 Å². The number of ether oxygens (including phenoxy) is 1.